The maximum atomic E-state index is 10.1. The SMILES string of the molecule is C=CC(=O)O.CC12CC3CC(CC(C3)C1O)C2. The second-order valence-corrected chi connectivity index (χ2v) is 6.25. The van der Waals surface area contributed by atoms with Gasteiger partial charge < -0.3 is 10.2 Å². The van der Waals surface area contributed by atoms with Crippen LogP contribution in [0.1, 0.15) is 39.0 Å². The molecule has 0 spiro atoms. The molecular weight excluding hydrogens is 216 g/mol. The van der Waals surface area contributed by atoms with Crippen LogP contribution in [0.4, 0.5) is 0 Å². The summed E-state index contributed by atoms with van der Waals surface area (Å²) in [4.78, 5) is 9.25. The Kier molecular flexibility index (Phi) is 3.30. The van der Waals surface area contributed by atoms with E-state index in [2.05, 4.69) is 13.5 Å². The normalized spacial score (nSPS) is 46.0. The van der Waals surface area contributed by atoms with E-state index >= 15 is 0 Å². The molecule has 96 valence electrons. The molecule has 0 heterocycles. The zero-order valence-electron chi connectivity index (χ0n) is 10.4. The van der Waals surface area contributed by atoms with Crippen LogP contribution in [0.2, 0.25) is 0 Å². The number of rotatable bonds is 1. The molecule has 0 aromatic rings. The van der Waals surface area contributed by atoms with Crippen molar-refractivity contribution in [3.05, 3.63) is 12.7 Å². The number of carboxylic acid groups (broad SMARTS) is 1. The van der Waals surface area contributed by atoms with E-state index in [4.69, 9.17) is 5.11 Å². The lowest BCUT2D eigenvalue weighted by atomic mass is 9.49. The Bertz CT molecular complexity index is 309. The summed E-state index contributed by atoms with van der Waals surface area (Å²) in [5.74, 6) is 1.62. The van der Waals surface area contributed by atoms with Gasteiger partial charge in [-0.2, -0.15) is 0 Å². The summed E-state index contributed by atoms with van der Waals surface area (Å²) < 4.78 is 0. The molecule has 0 amide bonds. The van der Waals surface area contributed by atoms with Crippen molar-refractivity contribution in [2.75, 3.05) is 0 Å². The van der Waals surface area contributed by atoms with Crippen molar-refractivity contribution in [3.8, 4) is 0 Å². The molecule has 0 aliphatic heterocycles. The van der Waals surface area contributed by atoms with Gasteiger partial charge in [-0.3, -0.25) is 0 Å². The highest BCUT2D eigenvalue weighted by Gasteiger charge is 2.53. The standard InChI is InChI=1S/C11H18O.C3H4O2/c1-11-5-7-2-8(6-11)4-9(3-7)10(11)12;1-2-3(4)5/h7-10,12H,2-6H2,1H3;2H,1H2,(H,4,5). The minimum Gasteiger partial charge on any atom is -0.478 e. The van der Waals surface area contributed by atoms with E-state index in [9.17, 15) is 9.90 Å². The summed E-state index contributed by atoms with van der Waals surface area (Å²) in [6.07, 6.45) is 7.60. The Morgan fingerprint density at radius 2 is 1.76 bits per heavy atom. The highest BCUT2D eigenvalue weighted by molar-refractivity contribution is 5.78. The topological polar surface area (TPSA) is 57.5 Å². The molecule has 4 saturated carbocycles. The van der Waals surface area contributed by atoms with Gasteiger partial charge >= 0.3 is 5.97 Å². The van der Waals surface area contributed by atoms with Crippen molar-refractivity contribution < 1.29 is 15.0 Å². The number of aliphatic hydroxyl groups excluding tert-OH is 1. The lowest BCUT2D eigenvalue weighted by Crippen LogP contribution is -2.54. The second-order valence-electron chi connectivity index (χ2n) is 6.25. The second kappa shape index (κ2) is 4.45. The van der Waals surface area contributed by atoms with Crippen LogP contribution in [0, 0.1) is 23.2 Å². The maximum absolute atomic E-state index is 10.1. The lowest BCUT2D eigenvalue weighted by molar-refractivity contribution is -0.145. The van der Waals surface area contributed by atoms with E-state index in [1.807, 2.05) is 0 Å². The summed E-state index contributed by atoms with van der Waals surface area (Å²) in [5, 5.41) is 17.7. The average Bonchev–Trinajstić information content (AvgIpc) is 2.25. The van der Waals surface area contributed by atoms with E-state index in [0.717, 1.165) is 17.9 Å². The van der Waals surface area contributed by atoms with Gasteiger partial charge in [-0.05, 0) is 55.3 Å². The summed E-state index contributed by atoms with van der Waals surface area (Å²) in [6.45, 7) is 5.27. The zero-order valence-corrected chi connectivity index (χ0v) is 10.4. The van der Waals surface area contributed by atoms with Crippen molar-refractivity contribution in [3.63, 3.8) is 0 Å². The number of hydrogen-bond donors (Lipinski definition) is 2. The van der Waals surface area contributed by atoms with Crippen LogP contribution in [0.15, 0.2) is 12.7 Å². The molecule has 4 fully saturated rings. The molecule has 0 radical (unpaired) electrons. The van der Waals surface area contributed by atoms with E-state index in [0.29, 0.717) is 11.3 Å². The molecule has 3 atom stereocenters. The smallest absolute Gasteiger partial charge is 0.327 e. The van der Waals surface area contributed by atoms with Crippen LogP contribution in [-0.4, -0.2) is 22.3 Å². The summed E-state index contributed by atoms with van der Waals surface area (Å²) in [5.41, 5.74) is 0.314. The number of carboxylic acids is 1. The van der Waals surface area contributed by atoms with Crippen LogP contribution in [0.3, 0.4) is 0 Å². The predicted octanol–water partition coefficient (Wildman–Crippen LogP) is 2.45. The van der Waals surface area contributed by atoms with E-state index in [1.165, 1.54) is 32.1 Å². The lowest BCUT2D eigenvalue weighted by Gasteiger charge is -2.58. The quantitative estimate of drug-likeness (QED) is 0.690. The van der Waals surface area contributed by atoms with E-state index in [1.54, 1.807) is 0 Å². The van der Waals surface area contributed by atoms with E-state index < -0.39 is 5.97 Å². The van der Waals surface area contributed by atoms with Crippen molar-refractivity contribution in [1.82, 2.24) is 0 Å². The molecule has 0 aromatic carbocycles. The first kappa shape index (κ1) is 12.6. The van der Waals surface area contributed by atoms with Crippen LogP contribution in [-0.2, 0) is 4.79 Å². The molecule has 4 aliphatic rings. The number of carbonyl (C=O) groups is 1. The number of aliphatic hydroxyl groups is 1. The first-order valence-electron chi connectivity index (χ1n) is 6.48. The molecule has 17 heavy (non-hydrogen) atoms. The molecule has 2 N–H and O–H groups in total. The third-order valence-corrected chi connectivity index (χ3v) is 4.78. The fraction of sp³-hybridized carbons (Fsp3) is 0.786. The van der Waals surface area contributed by atoms with E-state index in [-0.39, 0.29) is 6.10 Å². The molecule has 3 nitrogen and oxygen atoms in total. The van der Waals surface area contributed by atoms with Gasteiger partial charge in [0.05, 0.1) is 6.10 Å². The maximum Gasteiger partial charge on any atom is 0.327 e. The van der Waals surface area contributed by atoms with Crippen molar-refractivity contribution in [1.29, 1.82) is 0 Å². The van der Waals surface area contributed by atoms with Gasteiger partial charge in [0.2, 0.25) is 0 Å². The minimum absolute atomic E-state index is 0.0327. The van der Waals surface area contributed by atoms with Crippen molar-refractivity contribution in [2.45, 2.75) is 45.1 Å². The van der Waals surface area contributed by atoms with Gasteiger partial charge in [0.1, 0.15) is 0 Å². The first-order chi connectivity index (χ1) is 7.94. The van der Waals surface area contributed by atoms with Gasteiger partial charge in [0, 0.05) is 6.08 Å². The molecule has 0 saturated heterocycles. The summed E-state index contributed by atoms with van der Waals surface area (Å²) >= 11 is 0. The molecule has 3 heteroatoms. The van der Waals surface area contributed by atoms with Crippen molar-refractivity contribution in [2.24, 2.45) is 23.2 Å². The van der Waals surface area contributed by atoms with Crippen LogP contribution < -0.4 is 0 Å². The largest absolute Gasteiger partial charge is 0.478 e. The third-order valence-electron chi connectivity index (χ3n) is 4.78. The Morgan fingerprint density at radius 3 is 2.12 bits per heavy atom. The molecule has 4 bridgehead atoms. The Hall–Kier alpha value is -0.830. The predicted molar refractivity (Wildman–Crippen MR) is 65.5 cm³/mol. The molecule has 0 aromatic heterocycles. The molecule has 4 aliphatic carbocycles. The summed E-state index contributed by atoms with van der Waals surface area (Å²) in [7, 11) is 0. The summed E-state index contributed by atoms with van der Waals surface area (Å²) in [6, 6.07) is 0. The monoisotopic (exact) mass is 238 g/mol. The molecular formula is C14H22O3. The Balaban J connectivity index is 0.000000188. The van der Waals surface area contributed by atoms with Crippen LogP contribution in [0.5, 0.6) is 0 Å². The minimum atomic E-state index is -0.981. The van der Waals surface area contributed by atoms with Gasteiger partial charge in [-0.15, -0.1) is 0 Å². The van der Waals surface area contributed by atoms with Gasteiger partial charge in [-0.1, -0.05) is 13.5 Å². The fourth-order valence-corrected chi connectivity index (χ4v) is 4.42. The average molecular weight is 238 g/mol. The van der Waals surface area contributed by atoms with Gasteiger partial charge in [-0.25, -0.2) is 4.79 Å². The molecule has 3 unspecified atom stereocenters. The highest BCUT2D eigenvalue weighted by atomic mass is 16.4. The van der Waals surface area contributed by atoms with Gasteiger partial charge in [0.25, 0.3) is 0 Å². The van der Waals surface area contributed by atoms with Crippen molar-refractivity contribution >= 4 is 5.97 Å². The zero-order chi connectivity index (χ0) is 12.6. The molecule has 4 rings (SSSR count). The number of aliphatic carboxylic acids is 1. The van der Waals surface area contributed by atoms with Crippen LogP contribution >= 0.6 is 0 Å². The van der Waals surface area contributed by atoms with Gasteiger partial charge in [0.15, 0.2) is 0 Å². The first-order valence-corrected chi connectivity index (χ1v) is 6.48. The Labute approximate surface area is 103 Å². The van der Waals surface area contributed by atoms with Crippen LogP contribution in [0.25, 0.3) is 0 Å². The number of hydrogen-bond acceptors (Lipinski definition) is 2. The Morgan fingerprint density at radius 1 is 1.29 bits per heavy atom. The fourth-order valence-electron chi connectivity index (χ4n) is 4.42. The highest BCUT2D eigenvalue weighted by Crippen LogP contribution is 2.59. The third kappa shape index (κ3) is 2.39.